The lowest BCUT2D eigenvalue weighted by Crippen LogP contribution is -2.10. The summed E-state index contributed by atoms with van der Waals surface area (Å²) in [6.45, 7) is 1.85. The molecule has 2 heterocycles. The third-order valence-electron chi connectivity index (χ3n) is 2.45. The highest BCUT2D eigenvalue weighted by Crippen LogP contribution is 2.19. The van der Waals surface area contributed by atoms with Crippen molar-refractivity contribution in [1.82, 2.24) is 9.38 Å². The van der Waals surface area contributed by atoms with Gasteiger partial charge in [0.1, 0.15) is 11.6 Å². The first-order valence-corrected chi connectivity index (χ1v) is 4.89. The van der Waals surface area contributed by atoms with Gasteiger partial charge in [-0.05, 0) is 18.6 Å². The Labute approximate surface area is 99.3 Å². The Morgan fingerprint density at radius 3 is 2.88 bits per heavy atom. The first kappa shape index (κ1) is 12.5. The van der Waals surface area contributed by atoms with Gasteiger partial charge in [-0.15, -0.1) is 12.4 Å². The summed E-state index contributed by atoms with van der Waals surface area (Å²) in [4.78, 5) is 15.2. The number of carbonyl (C=O) groups is 1. The number of rotatable bonds is 3. The van der Waals surface area contributed by atoms with Crippen LogP contribution in [0.15, 0.2) is 30.6 Å². The van der Waals surface area contributed by atoms with Gasteiger partial charge in [0.25, 0.3) is 0 Å². The van der Waals surface area contributed by atoms with Gasteiger partial charge in [0.15, 0.2) is 0 Å². The van der Waals surface area contributed by atoms with Crippen LogP contribution in [0, 0.1) is 0 Å². The zero-order chi connectivity index (χ0) is 10.8. The van der Waals surface area contributed by atoms with E-state index in [0.29, 0.717) is 12.1 Å². The maximum absolute atomic E-state index is 11.0. The molecule has 0 aliphatic heterocycles. The monoisotopic (exact) mass is 240 g/mol. The highest BCUT2D eigenvalue weighted by atomic mass is 35.5. The fourth-order valence-corrected chi connectivity index (χ4v) is 1.63. The van der Waals surface area contributed by atoms with Crippen LogP contribution in [0.4, 0.5) is 0 Å². The van der Waals surface area contributed by atoms with Crippen molar-refractivity contribution in [2.24, 2.45) is 0 Å². The van der Waals surface area contributed by atoms with E-state index in [1.165, 1.54) is 0 Å². The summed E-state index contributed by atoms with van der Waals surface area (Å²) in [5, 5.41) is 9.00. The minimum Gasteiger partial charge on any atom is -0.481 e. The van der Waals surface area contributed by atoms with E-state index < -0.39 is 11.9 Å². The molecular weight excluding hydrogens is 228 g/mol. The number of imidazole rings is 1. The minimum absolute atomic E-state index is 0. The number of carboxylic acids is 1. The lowest BCUT2D eigenvalue weighted by molar-refractivity contribution is -0.138. The summed E-state index contributed by atoms with van der Waals surface area (Å²) in [6, 6.07) is 5.63. The van der Waals surface area contributed by atoms with Crippen molar-refractivity contribution in [1.29, 1.82) is 0 Å². The molecule has 4 nitrogen and oxygen atoms in total. The van der Waals surface area contributed by atoms with E-state index in [4.69, 9.17) is 5.11 Å². The average molecular weight is 241 g/mol. The second-order valence-corrected chi connectivity index (χ2v) is 3.43. The maximum atomic E-state index is 11.0. The molecule has 1 unspecified atom stereocenters. The van der Waals surface area contributed by atoms with Gasteiger partial charge in [-0.1, -0.05) is 13.0 Å². The van der Waals surface area contributed by atoms with Crippen LogP contribution in [0.5, 0.6) is 0 Å². The molecule has 0 spiro atoms. The van der Waals surface area contributed by atoms with E-state index in [2.05, 4.69) is 4.98 Å². The molecule has 0 saturated heterocycles. The van der Waals surface area contributed by atoms with Crippen molar-refractivity contribution in [3.8, 4) is 0 Å². The van der Waals surface area contributed by atoms with Gasteiger partial charge in [-0.25, -0.2) is 4.98 Å². The molecule has 1 N–H and O–H groups in total. The third kappa shape index (κ3) is 2.17. The number of aromatic nitrogens is 2. The lowest BCUT2D eigenvalue weighted by atomic mass is 10.0. The molecule has 0 aromatic carbocycles. The van der Waals surface area contributed by atoms with Crippen LogP contribution >= 0.6 is 12.4 Å². The number of carboxylic acid groups (broad SMARTS) is 1. The molecule has 0 bridgehead atoms. The summed E-state index contributed by atoms with van der Waals surface area (Å²) in [5.74, 6) is -1.33. The second-order valence-electron chi connectivity index (χ2n) is 3.43. The van der Waals surface area contributed by atoms with E-state index >= 15 is 0 Å². The molecule has 2 aromatic heterocycles. The molecule has 86 valence electrons. The number of hydrogen-bond donors (Lipinski definition) is 1. The van der Waals surface area contributed by atoms with Gasteiger partial charge >= 0.3 is 5.97 Å². The summed E-state index contributed by atoms with van der Waals surface area (Å²) >= 11 is 0. The molecule has 0 radical (unpaired) electrons. The standard InChI is InChI=1S/C11H12N2O2.ClH/c1-2-8(11(14)15)9-7-13-6-4-3-5-10(13)12-9;/h3-8H,2H2,1H3,(H,14,15);1H. The van der Waals surface area contributed by atoms with E-state index in [-0.39, 0.29) is 12.4 Å². The Morgan fingerprint density at radius 1 is 1.56 bits per heavy atom. The Morgan fingerprint density at radius 2 is 2.31 bits per heavy atom. The van der Waals surface area contributed by atoms with Crippen molar-refractivity contribution >= 4 is 24.0 Å². The van der Waals surface area contributed by atoms with Crippen LogP contribution in [0.3, 0.4) is 0 Å². The second kappa shape index (κ2) is 4.99. The van der Waals surface area contributed by atoms with Crippen molar-refractivity contribution in [3.05, 3.63) is 36.3 Å². The predicted molar refractivity (Wildman–Crippen MR) is 63.1 cm³/mol. The highest BCUT2D eigenvalue weighted by Gasteiger charge is 2.20. The van der Waals surface area contributed by atoms with Crippen molar-refractivity contribution < 1.29 is 9.90 Å². The first-order chi connectivity index (χ1) is 7.22. The van der Waals surface area contributed by atoms with Crippen LogP contribution in [-0.2, 0) is 4.79 Å². The van der Waals surface area contributed by atoms with E-state index in [9.17, 15) is 4.79 Å². The number of aliphatic carboxylic acids is 1. The molecule has 0 fully saturated rings. The summed E-state index contributed by atoms with van der Waals surface area (Å²) < 4.78 is 1.83. The van der Waals surface area contributed by atoms with Crippen molar-refractivity contribution in [3.63, 3.8) is 0 Å². The van der Waals surface area contributed by atoms with Crippen molar-refractivity contribution in [2.75, 3.05) is 0 Å². The minimum atomic E-state index is -0.819. The van der Waals surface area contributed by atoms with Gasteiger partial charge in [0.2, 0.25) is 0 Å². The summed E-state index contributed by atoms with van der Waals surface area (Å²) in [5.41, 5.74) is 1.41. The number of hydrogen-bond acceptors (Lipinski definition) is 2. The van der Waals surface area contributed by atoms with Crippen LogP contribution in [0.25, 0.3) is 5.65 Å². The molecule has 1 atom stereocenters. The number of halogens is 1. The summed E-state index contributed by atoms with van der Waals surface area (Å²) in [7, 11) is 0. The molecule has 0 saturated carbocycles. The largest absolute Gasteiger partial charge is 0.481 e. The van der Waals surface area contributed by atoms with Gasteiger partial charge in [-0.3, -0.25) is 4.79 Å². The SMILES string of the molecule is CCC(C(=O)O)c1cn2ccccc2n1.Cl. The molecule has 0 aliphatic carbocycles. The van der Waals surface area contributed by atoms with Gasteiger partial charge in [0.05, 0.1) is 5.69 Å². The smallest absolute Gasteiger partial charge is 0.312 e. The fraction of sp³-hybridized carbons (Fsp3) is 0.273. The molecule has 0 amide bonds. The van der Waals surface area contributed by atoms with Crippen LogP contribution in [0.1, 0.15) is 25.0 Å². The summed E-state index contributed by atoms with van der Waals surface area (Å²) in [6.07, 6.45) is 4.19. The Balaban J connectivity index is 0.00000128. The third-order valence-corrected chi connectivity index (χ3v) is 2.45. The van der Waals surface area contributed by atoms with E-state index in [1.807, 2.05) is 35.7 Å². The van der Waals surface area contributed by atoms with Gasteiger partial charge in [-0.2, -0.15) is 0 Å². The molecule has 2 rings (SSSR count). The van der Waals surface area contributed by atoms with E-state index in [0.717, 1.165) is 5.65 Å². The molecule has 16 heavy (non-hydrogen) atoms. The van der Waals surface area contributed by atoms with Gasteiger partial charge < -0.3 is 9.51 Å². The quantitative estimate of drug-likeness (QED) is 0.896. The van der Waals surface area contributed by atoms with Gasteiger partial charge in [0, 0.05) is 12.4 Å². The fourth-order valence-electron chi connectivity index (χ4n) is 1.63. The zero-order valence-corrected chi connectivity index (χ0v) is 9.65. The lowest BCUT2D eigenvalue weighted by Gasteiger charge is -2.04. The normalized spacial score (nSPS) is 12.1. The van der Waals surface area contributed by atoms with E-state index in [1.54, 1.807) is 6.20 Å². The maximum Gasteiger partial charge on any atom is 0.312 e. The van der Waals surface area contributed by atoms with Crippen LogP contribution in [0.2, 0.25) is 0 Å². The first-order valence-electron chi connectivity index (χ1n) is 4.89. The van der Waals surface area contributed by atoms with Crippen LogP contribution in [-0.4, -0.2) is 20.5 Å². The molecule has 2 aromatic rings. The molecular formula is C11H13ClN2O2. The Kier molecular flexibility index (Phi) is 3.90. The Bertz CT molecular complexity index is 462. The number of fused-ring (bicyclic) bond motifs is 1. The van der Waals surface area contributed by atoms with Crippen molar-refractivity contribution in [2.45, 2.75) is 19.3 Å². The highest BCUT2D eigenvalue weighted by molar-refractivity contribution is 5.85. The molecule has 5 heteroatoms. The molecule has 0 aliphatic rings. The van der Waals surface area contributed by atoms with Crippen LogP contribution < -0.4 is 0 Å². The Hall–Kier alpha value is -1.55. The number of nitrogens with zero attached hydrogens (tertiary/aromatic N) is 2. The predicted octanol–water partition coefficient (Wildman–Crippen LogP) is 2.33. The zero-order valence-electron chi connectivity index (χ0n) is 8.83. The average Bonchev–Trinajstić information content (AvgIpc) is 2.61. The topological polar surface area (TPSA) is 54.6 Å². The number of pyridine rings is 1.